The standard InChI is InChI=1S/C20H16INO3/c1-13(2)12-24-17-9-3-14(4-10-17)11-18-20(23)25-19(22-18)15-5-7-16(21)8-6-15/h3-11H,1,12H2,2H3/b18-11-. The fourth-order valence-corrected chi connectivity index (χ4v) is 2.51. The summed E-state index contributed by atoms with van der Waals surface area (Å²) >= 11 is 2.22. The van der Waals surface area contributed by atoms with E-state index in [-0.39, 0.29) is 5.70 Å². The Kier molecular flexibility index (Phi) is 5.33. The first kappa shape index (κ1) is 17.4. The Labute approximate surface area is 160 Å². The zero-order valence-electron chi connectivity index (χ0n) is 13.7. The molecule has 0 radical (unpaired) electrons. The van der Waals surface area contributed by atoms with Crippen LogP contribution in [0, 0.1) is 3.57 Å². The summed E-state index contributed by atoms with van der Waals surface area (Å²) in [6.07, 6.45) is 1.70. The fraction of sp³-hybridized carbons (Fsp3) is 0.100. The zero-order chi connectivity index (χ0) is 17.8. The molecule has 3 rings (SSSR count). The summed E-state index contributed by atoms with van der Waals surface area (Å²) in [6, 6.07) is 15.1. The third-order valence-electron chi connectivity index (χ3n) is 3.38. The van der Waals surface area contributed by atoms with Gasteiger partial charge in [0, 0.05) is 9.13 Å². The summed E-state index contributed by atoms with van der Waals surface area (Å²) in [5.41, 5.74) is 2.87. The van der Waals surface area contributed by atoms with Crippen molar-refractivity contribution in [3.8, 4) is 5.75 Å². The molecule has 0 spiro atoms. The Bertz CT molecular complexity index is 865. The van der Waals surface area contributed by atoms with E-state index in [4.69, 9.17) is 9.47 Å². The van der Waals surface area contributed by atoms with Crippen molar-refractivity contribution < 1.29 is 14.3 Å². The second-order valence-electron chi connectivity index (χ2n) is 5.66. The van der Waals surface area contributed by atoms with Crippen molar-refractivity contribution in [2.75, 3.05) is 6.61 Å². The van der Waals surface area contributed by atoms with Gasteiger partial charge in [-0.15, -0.1) is 0 Å². The molecule has 0 bridgehead atoms. The van der Waals surface area contributed by atoms with Crippen molar-refractivity contribution >= 4 is 40.5 Å². The number of hydrogen-bond donors (Lipinski definition) is 0. The van der Waals surface area contributed by atoms with Crippen LogP contribution in [0.1, 0.15) is 18.1 Å². The smallest absolute Gasteiger partial charge is 0.363 e. The van der Waals surface area contributed by atoms with Gasteiger partial charge in [0.2, 0.25) is 5.90 Å². The normalized spacial score (nSPS) is 15.0. The molecule has 2 aromatic rings. The van der Waals surface area contributed by atoms with E-state index in [2.05, 4.69) is 34.2 Å². The number of esters is 1. The Morgan fingerprint density at radius 3 is 2.52 bits per heavy atom. The van der Waals surface area contributed by atoms with E-state index >= 15 is 0 Å². The first-order valence-corrected chi connectivity index (χ1v) is 8.75. The summed E-state index contributed by atoms with van der Waals surface area (Å²) in [5, 5.41) is 0. The van der Waals surface area contributed by atoms with Crippen molar-refractivity contribution in [1.29, 1.82) is 0 Å². The van der Waals surface area contributed by atoms with Crippen molar-refractivity contribution in [3.63, 3.8) is 0 Å². The Morgan fingerprint density at radius 1 is 1.20 bits per heavy atom. The molecule has 1 heterocycles. The molecule has 0 amide bonds. The SMILES string of the molecule is C=C(C)COc1ccc(/C=C2\N=C(c3ccc(I)cc3)OC2=O)cc1. The largest absolute Gasteiger partial charge is 0.489 e. The highest BCUT2D eigenvalue weighted by molar-refractivity contribution is 14.1. The van der Waals surface area contributed by atoms with Gasteiger partial charge < -0.3 is 9.47 Å². The summed E-state index contributed by atoms with van der Waals surface area (Å²) < 4.78 is 11.9. The quantitative estimate of drug-likeness (QED) is 0.293. The lowest BCUT2D eigenvalue weighted by atomic mass is 10.2. The average molecular weight is 445 g/mol. The van der Waals surface area contributed by atoms with Crippen molar-refractivity contribution in [2.24, 2.45) is 4.99 Å². The van der Waals surface area contributed by atoms with E-state index in [0.29, 0.717) is 12.5 Å². The monoisotopic (exact) mass is 445 g/mol. The highest BCUT2D eigenvalue weighted by Gasteiger charge is 2.23. The summed E-state index contributed by atoms with van der Waals surface area (Å²) in [7, 11) is 0. The zero-order valence-corrected chi connectivity index (χ0v) is 15.8. The molecule has 5 heteroatoms. The van der Waals surface area contributed by atoms with Crippen LogP contribution in [0.3, 0.4) is 0 Å². The predicted octanol–water partition coefficient (Wildman–Crippen LogP) is 4.59. The maximum Gasteiger partial charge on any atom is 0.363 e. The van der Waals surface area contributed by atoms with Crippen molar-refractivity contribution in [3.05, 3.63) is 81.1 Å². The van der Waals surface area contributed by atoms with Crippen LogP contribution in [-0.2, 0) is 9.53 Å². The fourth-order valence-electron chi connectivity index (χ4n) is 2.15. The average Bonchev–Trinajstić information content (AvgIpc) is 2.95. The molecular weight excluding hydrogens is 429 g/mol. The van der Waals surface area contributed by atoms with Crippen LogP contribution >= 0.6 is 22.6 Å². The molecule has 0 saturated heterocycles. The lowest BCUT2D eigenvalue weighted by Crippen LogP contribution is -2.05. The number of hydrogen-bond acceptors (Lipinski definition) is 4. The molecule has 4 nitrogen and oxygen atoms in total. The van der Waals surface area contributed by atoms with Crippen molar-refractivity contribution in [1.82, 2.24) is 0 Å². The molecule has 0 N–H and O–H groups in total. The van der Waals surface area contributed by atoms with Crippen LogP contribution in [0.5, 0.6) is 5.75 Å². The lowest BCUT2D eigenvalue weighted by Gasteiger charge is -2.05. The van der Waals surface area contributed by atoms with Crippen LogP contribution in [0.4, 0.5) is 0 Å². The van der Waals surface area contributed by atoms with Gasteiger partial charge in [0.05, 0.1) is 0 Å². The summed E-state index contributed by atoms with van der Waals surface area (Å²) in [4.78, 5) is 16.3. The number of benzene rings is 2. The molecule has 2 aromatic carbocycles. The van der Waals surface area contributed by atoms with E-state index in [0.717, 1.165) is 26.0 Å². The van der Waals surface area contributed by atoms with Gasteiger partial charge in [0.1, 0.15) is 12.4 Å². The van der Waals surface area contributed by atoms with Gasteiger partial charge in [-0.2, -0.15) is 0 Å². The molecule has 0 saturated carbocycles. The lowest BCUT2D eigenvalue weighted by molar-refractivity contribution is -0.129. The second kappa shape index (κ2) is 7.65. The molecular formula is C20H16INO3. The first-order chi connectivity index (χ1) is 12.0. The highest BCUT2D eigenvalue weighted by Crippen LogP contribution is 2.21. The minimum Gasteiger partial charge on any atom is -0.489 e. The molecule has 126 valence electrons. The van der Waals surface area contributed by atoms with E-state index in [9.17, 15) is 4.79 Å². The van der Waals surface area contributed by atoms with E-state index < -0.39 is 5.97 Å². The predicted molar refractivity (Wildman–Crippen MR) is 107 cm³/mol. The number of rotatable bonds is 5. The molecule has 0 aliphatic carbocycles. The molecule has 25 heavy (non-hydrogen) atoms. The second-order valence-corrected chi connectivity index (χ2v) is 6.90. The number of carbonyl (C=O) groups excluding carboxylic acids is 1. The number of aliphatic imine (C=N–C) groups is 1. The minimum absolute atomic E-state index is 0.282. The van der Waals surface area contributed by atoms with Crippen LogP contribution in [-0.4, -0.2) is 18.5 Å². The van der Waals surface area contributed by atoms with Gasteiger partial charge in [0.15, 0.2) is 5.70 Å². The summed E-state index contributed by atoms with van der Waals surface area (Å²) in [6.45, 7) is 6.19. The highest BCUT2D eigenvalue weighted by atomic mass is 127. The maximum atomic E-state index is 12.0. The molecule has 0 unspecified atom stereocenters. The Balaban J connectivity index is 1.77. The van der Waals surface area contributed by atoms with Gasteiger partial charge in [-0.3, -0.25) is 0 Å². The number of ether oxygens (including phenoxy) is 2. The molecule has 1 aliphatic heterocycles. The number of carbonyl (C=O) groups is 1. The molecule has 0 aromatic heterocycles. The topological polar surface area (TPSA) is 47.9 Å². The van der Waals surface area contributed by atoms with E-state index in [1.807, 2.05) is 55.5 Å². The number of cyclic esters (lactones) is 1. The van der Waals surface area contributed by atoms with Gasteiger partial charge >= 0.3 is 5.97 Å². The minimum atomic E-state index is -0.448. The first-order valence-electron chi connectivity index (χ1n) is 7.67. The van der Waals surface area contributed by atoms with Gasteiger partial charge in [-0.05, 0) is 83.1 Å². The van der Waals surface area contributed by atoms with Crippen LogP contribution in [0.2, 0.25) is 0 Å². The van der Waals surface area contributed by atoms with E-state index in [1.165, 1.54) is 0 Å². The third kappa shape index (κ3) is 4.57. The van der Waals surface area contributed by atoms with Gasteiger partial charge in [0.25, 0.3) is 0 Å². The van der Waals surface area contributed by atoms with E-state index in [1.54, 1.807) is 6.08 Å². The molecule has 0 fully saturated rings. The summed E-state index contributed by atoms with van der Waals surface area (Å²) in [5.74, 6) is 0.632. The Hall–Kier alpha value is -2.41. The molecule has 1 aliphatic rings. The third-order valence-corrected chi connectivity index (χ3v) is 4.10. The van der Waals surface area contributed by atoms with Crippen LogP contribution in [0.15, 0.2) is 71.4 Å². The van der Waals surface area contributed by atoms with Crippen LogP contribution in [0.25, 0.3) is 6.08 Å². The van der Waals surface area contributed by atoms with Gasteiger partial charge in [-0.1, -0.05) is 18.7 Å². The van der Waals surface area contributed by atoms with Crippen LogP contribution < -0.4 is 4.74 Å². The molecule has 0 atom stereocenters. The number of nitrogens with zero attached hydrogens (tertiary/aromatic N) is 1. The van der Waals surface area contributed by atoms with Crippen molar-refractivity contribution in [2.45, 2.75) is 6.92 Å². The number of halogens is 1. The van der Waals surface area contributed by atoms with Gasteiger partial charge in [-0.25, -0.2) is 9.79 Å². The maximum absolute atomic E-state index is 12.0. The Morgan fingerprint density at radius 2 is 1.88 bits per heavy atom.